The second-order valence-corrected chi connectivity index (χ2v) is 1.00. The van der Waals surface area contributed by atoms with Crippen LogP contribution in [0.2, 0.25) is 0 Å². The fraction of sp³-hybridized carbons (Fsp3) is 0.500. The van der Waals surface area contributed by atoms with Crippen LogP contribution in [-0.4, -0.2) is 12.3 Å². The summed E-state index contributed by atoms with van der Waals surface area (Å²) in [6.45, 7) is 0. The lowest BCUT2D eigenvalue weighted by Crippen LogP contribution is -1.64. The average molecular weight is 91.1 g/mol. The maximum absolute atomic E-state index is 9.12. The van der Waals surface area contributed by atoms with E-state index >= 15 is 0 Å². The molecule has 0 unspecified atom stereocenters. The van der Waals surface area contributed by atoms with E-state index in [-0.39, 0.29) is 0 Å². The molecule has 0 saturated carbocycles. The zero-order valence-corrected chi connectivity index (χ0v) is 3.54. The van der Waals surface area contributed by atoms with E-state index in [4.69, 9.17) is 4.79 Å². The van der Waals surface area contributed by atoms with Gasteiger partial charge in [0.05, 0.1) is 0 Å². The van der Waals surface area contributed by atoms with Crippen LogP contribution in [0.15, 0.2) is 0 Å². The third-order valence-electron chi connectivity index (χ3n) is 0.117. The number of hydrogen-bond acceptors (Lipinski definition) is 2. The second-order valence-electron chi connectivity index (χ2n) is 0.333. The first-order valence-electron chi connectivity index (χ1n) is 0.983. The number of carbonyl (C=O) groups excluding carboxylic acids is 1. The fourth-order valence-corrected chi connectivity index (χ4v) is 0.102. The summed E-state index contributed by atoms with van der Waals surface area (Å²) in [6.07, 6.45) is 0. The van der Waals surface area contributed by atoms with Crippen molar-refractivity contribution < 1.29 is 8.98 Å². The van der Waals surface area contributed by atoms with Gasteiger partial charge in [0.15, 0.2) is 0 Å². The number of hydrogen-bond donors (Lipinski definition) is 0. The van der Waals surface area contributed by atoms with Gasteiger partial charge in [-0.25, -0.2) is 0 Å². The molecule has 2 nitrogen and oxygen atoms in total. The Morgan fingerprint density at radius 2 is 2.60 bits per heavy atom. The van der Waals surface area contributed by atoms with Gasteiger partial charge in [-0.1, -0.05) is 4.18 Å². The first kappa shape index (κ1) is 4.76. The lowest BCUT2D eigenvalue weighted by molar-refractivity contribution is 0.492. The summed E-state index contributed by atoms with van der Waals surface area (Å²) in [5.41, 5.74) is 0. The van der Waals surface area contributed by atoms with Gasteiger partial charge < -0.3 is 0 Å². The molecule has 0 fully saturated rings. The van der Waals surface area contributed by atoms with Crippen molar-refractivity contribution >= 4 is 16.9 Å². The van der Waals surface area contributed by atoms with Crippen molar-refractivity contribution in [1.82, 2.24) is 0 Å². The molecule has 0 atom stereocenters. The Kier molecular flexibility index (Phi) is 3.58. The number of rotatable bonds is 1. The Morgan fingerprint density at radius 1 is 2.00 bits per heavy atom. The van der Waals surface area contributed by atoms with E-state index in [0.717, 1.165) is 0 Å². The van der Waals surface area contributed by atoms with Crippen LogP contribution < -0.4 is 0 Å². The summed E-state index contributed by atoms with van der Waals surface area (Å²) in [5, 5.41) is 1.46. The van der Waals surface area contributed by atoms with Crippen LogP contribution in [0, 0.1) is 0 Å². The van der Waals surface area contributed by atoms with Gasteiger partial charge >= 0.3 is 16.9 Å². The molecule has 0 radical (unpaired) electrons. The summed E-state index contributed by atoms with van der Waals surface area (Å²) < 4.78 is 4.18. The van der Waals surface area contributed by atoms with Gasteiger partial charge in [-0.2, -0.15) is 4.79 Å². The minimum absolute atomic E-state index is 0.657. The van der Waals surface area contributed by atoms with E-state index in [1.165, 1.54) is 12.3 Å². The van der Waals surface area contributed by atoms with Gasteiger partial charge in [-0.05, 0) is 0 Å². The van der Waals surface area contributed by atoms with E-state index in [1.54, 1.807) is 0 Å². The van der Waals surface area contributed by atoms with Crippen molar-refractivity contribution in [2.24, 2.45) is 0 Å². The molecule has 0 aromatic rings. The van der Waals surface area contributed by atoms with Crippen LogP contribution in [-0.2, 0) is 20.6 Å². The monoisotopic (exact) mass is 91.0 g/mol. The van der Waals surface area contributed by atoms with Crippen molar-refractivity contribution in [3.63, 3.8) is 0 Å². The van der Waals surface area contributed by atoms with Crippen LogP contribution >= 0.6 is 0 Å². The van der Waals surface area contributed by atoms with Crippen LogP contribution in [0.25, 0.3) is 0 Å². The topological polar surface area (TPSA) is 26.3 Å². The fourth-order valence-electron chi connectivity index (χ4n) is 0.0340. The molecule has 0 N–H and O–H groups in total. The molecule has 3 heteroatoms. The predicted molar refractivity (Wildman–Crippen MR) is 20.1 cm³/mol. The summed E-state index contributed by atoms with van der Waals surface area (Å²) in [5.74, 6) is 0. The normalized spacial score (nSPS) is 5.80. The van der Waals surface area contributed by atoms with Crippen LogP contribution in [0.4, 0.5) is 0 Å². The van der Waals surface area contributed by atoms with Crippen molar-refractivity contribution in [3.8, 4) is 0 Å². The van der Waals surface area contributed by atoms with E-state index in [0.29, 0.717) is 11.6 Å². The standard InChI is InChI=1S/C2H3O2S/c1-4-5-2-3/h1H3/q+1. The van der Waals surface area contributed by atoms with Gasteiger partial charge in [-0.3, -0.25) is 0 Å². The third-order valence-corrected chi connectivity index (χ3v) is 0.352. The molecule has 0 aromatic carbocycles. The highest BCUT2D eigenvalue weighted by atomic mass is 32.2. The van der Waals surface area contributed by atoms with E-state index in [1.807, 2.05) is 0 Å². The largest absolute Gasteiger partial charge is 0.496 e. The SMILES string of the molecule is CO[S+]=C=O. The summed E-state index contributed by atoms with van der Waals surface area (Å²) in [4.78, 5) is 9.12. The molecular weight excluding hydrogens is 88.1 g/mol. The molecular formula is C2H3O2S+. The van der Waals surface area contributed by atoms with E-state index in [9.17, 15) is 0 Å². The zero-order valence-electron chi connectivity index (χ0n) is 2.72. The Labute approximate surface area is 33.9 Å². The summed E-state index contributed by atoms with van der Waals surface area (Å²) >= 11 is 0.657. The quantitative estimate of drug-likeness (QED) is 0.251. The Hall–Kier alpha value is -0.240. The van der Waals surface area contributed by atoms with Crippen molar-refractivity contribution in [2.75, 3.05) is 7.11 Å². The minimum atomic E-state index is 0.657. The molecule has 0 saturated heterocycles. The Morgan fingerprint density at radius 3 is 2.60 bits per heavy atom. The first-order chi connectivity index (χ1) is 2.41. The molecule has 0 aliphatic carbocycles. The molecule has 0 spiro atoms. The highest BCUT2D eigenvalue weighted by Crippen LogP contribution is 1.45. The van der Waals surface area contributed by atoms with Gasteiger partial charge in [0.2, 0.25) is 0 Å². The molecule has 28 valence electrons. The van der Waals surface area contributed by atoms with Crippen molar-refractivity contribution in [2.45, 2.75) is 0 Å². The van der Waals surface area contributed by atoms with Gasteiger partial charge in [0.1, 0.15) is 7.11 Å². The molecule has 0 heterocycles. The smallest absolute Gasteiger partial charge is 0.163 e. The van der Waals surface area contributed by atoms with Crippen molar-refractivity contribution in [3.05, 3.63) is 0 Å². The molecule has 0 aliphatic rings. The van der Waals surface area contributed by atoms with E-state index < -0.39 is 0 Å². The molecule has 0 rings (SSSR count). The highest BCUT2D eigenvalue weighted by Gasteiger charge is 1.77. The lowest BCUT2D eigenvalue weighted by Gasteiger charge is -1.40. The van der Waals surface area contributed by atoms with Crippen LogP contribution in [0.3, 0.4) is 0 Å². The van der Waals surface area contributed by atoms with Crippen molar-refractivity contribution in [1.29, 1.82) is 0 Å². The highest BCUT2D eigenvalue weighted by molar-refractivity contribution is 7.71. The Balaban J connectivity index is 2.93. The molecule has 0 amide bonds. The molecule has 0 bridgehead atoms. The molecule has 5 heavy (non-hydrogen) atoms. The van der Waals surface area contributed by atoms with Gasteiger partial charge in [0.25, 0.3) is 0 Å². The molecule has 0 aliphatic heterocycles. The second kappa shape index (κ2) is 3.76. The maximum Gasteiger partial charge on any atom is 0.496 e. The lowest BCUT2D eigenvalue weighted by atomic mass is 11.8. The zero-order chi connectivity index (χ0) is 4.12. The third kappa shape index (κ3) is 3.76. The average Bonchev–Trinajstić information content (AvgIpc) is 1.41. The van der Waals surface area contributed by atoms with Gasteiger partial charge in [-0.15, -0.1) is 0 Å². The predicted octanol–water partition coefficient (Wildman–Crippen LogP) is -0.302. The first-order valence-corrected chi connectivity index (χ1v) is 1.72. The van der Waals surface area contributed by atoms with E-state index in [2.05, 4.69) is 4.18 Å². The Bertz CT molecular complexity index is 54.7. The summed E-state index contributed by atoms with van der Waals surface area (Å²) in [6, 6.07) is 0. The van der Waals surface area contributed by atoms with Gasteiger partial charge in [0, 0.05) is 0 Å². The minimum Gasteiger partial charge on any atom is -0.163 e. The molecule has 0 aromatic heterocycles. The maximum atomic E-state index is 9.12. The summed E-state index contributed by atoms with van der Waals surface area (Å²) in [7, 11) is 1.41. The van der Waals surface area contributed by atoms with Crippen LogP contribution in [0.5, 0.6) is 0 Å². The van der Waals surface area contributed by atoms with Crippen LogP contribution in [0.1, 0.15) is 0 Å².